The van der Waals surface area contributed by atoms with Crippen molar-refractivity contribution in [3.63, 3.8) is 0 Å². The summed E-state index contributed by atoms with van der Waals surface area (Å²) in [5.74, 6) is 0.790. The number of hydrogen-bond donors (Lipinski definition) is 1. The minimum Gasteiger partial charge on any atom is -0.338 e. The Morgan fingerprint density at radius 2 is 1.76 bits per heavy atom. The summed E-state index contributed by atoms with van der Waals surface area (Å²) in [6.07, 6.45) is 6.40. The van der Waals surface area contributed by atoms with Crippen molar-refractivity contribution in [3.05, 3.63) is 48.3 Å². The normalized spacial score (nSPS) is 17.8. The zero-order valence-corrected chi connectivity index (χ0v) is 17.0. The number of benzene rings is 2. The first-order chi connectivity index (χ1) is 14.0. The zero-order valence-electron chi connectivity index (χ0n) is 16.1. The van der Waals surface area contributed by atoms with E-state index in [-0.39, 0.29) is 17.5 Å². The van der Waals surface area contributed by atoms with Gasteiger partial charge in [-0.1, -0.05) is 12.8 Å². The number of hydrogen-bond acceptors (Lipinski definition) is 4. The fraction of sp³-hybridized carbons (Fsp3) is 0.409. The molecule has 0 saturated heterocycles. The second-order valence-corrected chi connectivity index (χ2v) is 10.3. The highest BCUT2D eigenvalue weighted by molar-refractivity contribution is 7.91. The Balaban J connectivity index is 1.53. The molecule has 3 aromatic rings. The van der Waals surface area contributed by atoms with Gasteiger partial charge in [-0.3, -0.25) is 4.68 Å². The number of nitrogens with zero attached hydrogens (tertiary/aromatic N) is 2. The van der Waals surface area contributed by atoms with Gasteiger partial charge in [-0.2, -0.15) is 5.10 Å². The van der Waals surface area contributed by atoms with Crippen LogP contribution in [0.25, 0.3) is 10.9 Å². The predicted molar refractivity (Wildman–Crippen MR) is 112 cm³/mol. The van der Waals surface area contributed by atoms with Gasteiger partial charge in [0.2, 0.25) is 0 Å². The average molecular weight is 414 g/mol. The van der Waals surface area contributed by atoms with Crippen LogP contribution in [0, 0.1) is 11.7 Å². The van der Waals surface area contributed by atoms with Crippen molar-refractivity contribution >= 4 is 32.2 Å². The summed E-state index contributed by atoms with van der Waals surface area (Å²) >= 11 is 0. The standard InChI is InChI=1S/C22H24FN3O2S/c23-16-5-7-17(8-6-16)24-22-20-13-19(29(27,28)14-15-3-1-2-4-15)11-12-21(20)26(25-22)18-9-10-18/h5-8,11-13,15,18H,1-4,9-10,14H2,(H,24,25). The van der Waals surface area contributed by atoms with E-state index in [1.54, 1.807) is 24.3 Å². The first-order valence-corrected chi connectivity index (χ1v) is 11.9. The summed E-state index contributed by atoms with van der Waals surface area (Å²) in [6, 6.07) is 11.8. The van der Waals surface area contributed by atoms with E-state index in [1.807, 2.05) is 10.7 Å². The van der Waals surface area contributed by atoms with Crippen LogP contribution in [0.15, 0.2) is 47.4 Å². The molecule has 0 radical (unpaired) electrons. The maximum absolute atomic E-state index is 13.2. The molecule has 0 bridgehead atoms. The highest BCUT2D eigenvalue weighted by Crippen LogP contribution is 2.40. The van der Waals surface area contributed by atoms with Crippen molar-refractivity contribution in [2.75, 3.05) is 11.1 Å². The van der Waals surface area contributed by atoms with Gasteiger partial charge in [-0.05, 0) is 74.1 Å². The van der Waals surface area contributed by atoms with Crippen LogP contribution in [0.4, 0.5) is 15.9 Å². The Kier molecular flexibility index (Phi) is 4.57. The number of fused-ring (bicyclic) bond motifs is 1. The molecule has 2 aromatic carbocycles. The molecule has 5 rings (SSSR count). The highest BCUT2D eigenvalue weighted by atomic mass is 32.2. The fourth-order valence-electron chi connectivity index (χ4n) is 4.26. The maximum Gasteiger partial charge on any atom is 0.178 e. The minimum atomic E-state index is -3.34. The summed E-state index contributed by atoms with van der Waals surface area (Å²) in [7, 11) is -3.34. The van der Waals surface area contributed by atoms with E-state index in [2.05, 4.69) is 5.32 Å². The summed E-state index contributed by atoms with van der Waals surface area (Å²) in [5, 5.41) is 8.73. The van der Waals surface area contributed by atoms with Crippen LogP contribution < -0.4 is 5.32 Å². The summed E-state index contributed by atoms with van der Waals surface area (Å²) in [4.78, 5) is 0.356. The zero-order chi connectivity index (χ0) is 20.0. The van der Waals surface area contributed by atoms with Crippen LogP contribution in [-0.2, 0) is 9.84 Å². The molecule has 29 heavy (non-hydrogen) atoms. The molecule has 0 amide bonds. The molecule has 0 spiro atoms. The predicted octanol–water partition coefficient (Wildman–Crippen LogP) is 5.22. The number of sulfone groups is 1. The average Bonchev–Trinajstić information content (AvgIpc) is 3.31. The first kappa shape index (κ1) is 18.6. The maximum atomic E-state index is 13.2. The third kappa shape index (κ3) is 3.75. The van der Waals surface area contributed by atoms with E-state index in [1.165, 1.54) is 12.1 Å². The molecule has 0 unspecified atom stereocenters. The third-order valence-corrected chi connectivity index (χ3v) is 7.85. The van der Waals surface area contributed by atoms with Crippen LogP contribution >= 0.6 is 0 Å². The molecule has 2 aliphatic carbocycles. The lowest BCUT2D eigenvalue weighted by Gasteiger charge is -2.10. The second kappa shape index (κ2) is 7.13. The molecule has 0 aliphatic heterocycles. The van der Waals surface area contributed by atoms with Gasteiger partial charge >= 0.3 is 0 Å². The van der Waals surface area contributed by atoms with Gasteiger partial charge in [0, 0.05) is 11.1 Å². The lowest BCUT2D eigenvalue weighted by molar-refractivity contribution is 0.559. The lowest BCUT2D eigenvalue weighted by Crippen LogP contribution is -2.14. The van der Waals surface area contributed by atoms with Crippen LogP contribution in [0.2, 0.25) is 0 Å². The molecule has 1 aromatic heterocycles. The fourth-order valence-corrected chi connectivity index (χ4v) is 5.98. The van der Waals surface area contributed by atoms with Crippen molar-refractivity contribution in [1.29, 1.82) is 0 Å². The molecule has 1 N–H and O–H groups in total. The molecule has 2 saturated carbocycles. The van der Waals surface area contributed by atoms with Crippen LogP contribution in [0.1, 0.15) is 44.6 Å². The van der Waals surface area contributed by atoms with E-state index in [4.69, 9.17) is 5.10 Å². The van der Waals surface area contributed by atoms with Gasteiger partial charge < -0.3 is 5.32 Å². The molecule has 5 nitrogen and oxygen atoms in total. The monoisotopic (exact) mass is 413 g/mol. The largest absolute Gasteiger partial charge is 0.338 e. The number of rotatable bonds is 6. The van der Waals surface area contributed by atoms with Crippen LogP contribution in [-0.4, -0.2) is 24.0 Å². The smallest absolute Gasteiger partial charge is 0.178 e. The Morgan fingerprint density at radius 3 is 2.45 bits per heavy atom. The first-order valence-electron chi connectivity index (χ1n) is 10.3. The third-order valence-electron chi connectivity index (χ3n) is 5.97. The van der Waals surface area contributed by atoms with Crippen molar-refractivity contribution in [2.24, 2.45) is 5.92 Å². The summed E-state index contributed by atoms with van der Waals surface area (Å²) in [6.45, 7) is 0. The Bertz CT molecular complexity index is 1140. The Labute approximate surface area is 169 Å². The number of halogens is 1. The number of aromatic nitrogens is 2. The molecule has 2 aliphatic rings. The molecular weight excluding hydrogens is 389 g/mol. The Morgan fingerprint density at radius 1 is 1.03 bits per heavy atom. The molecule has 0 atom stereocenters. The van der Waals surface area contributed by atoms with E-state index >= 15 is 0 Å². The molecule has 7 heteroatoms. The van der Waals surface area contributed by atoms with Crippen molar-refractivity contribution in [3.8, 4) is 0 Å². The second-order valence-electron chi connectivity index (χ2n) is 8.27. The summed E-state index contributed by atoms with van der Waals surface area (Å²) < 4.78 is 41.2. The highest BCUT2D eigenvalue weighted by Gasteiger charge is 2.29. The molecule has 152 valence electrons. The Hall–Kier alpha value is -2.41. The number of nitrogens with one attached hydrogen (secondary N) is 1. The lowest BCUT2D eigenvalue weighted by atomic mass is 10.1. The van der Waals surface area contributed by atoms with E-state index < -0.39 is 9.84 Å². The van der Waals surface area contributed by atoms with Crippen LogP contribution in [0.3, 0.4) is 0 Å². The SMILES string of the molecule is O=S(=O)(CC1CCCC1)c1ccc2c(c1)c(Nc1ccc(F)cc1)nn2C1CC1. The van der Waals surface area contributed by atoms with Crippen LogP contribution in [0.5, 0.6) is 0 Å². The van der Waals surface area contributed by atoms with Crippen molar-refractivity contribution in [2.45, 2.75) is 49.5 Å². The van der Waals surface area contributed by atoms with E-state index in [9.17, 15) is 12.8 Å². The topological polar surface area (TPSA) is 64.0 Å². The van der Waals surface area contributed by atoms with E-state index in [0.29, 0.717) is 22.4 Å². The number of anilines is 2. The van der Waals surface area contributed by atoms with Gasteiger partial charge in [0.15, 0.2) is 15.7 Å². The van der Waals surface area contributed by atoms with Crippen molar-refractivity contribution in [1.82, 2.24) is 9.78 Å². The summed E-state index contributed by atoms with van der Waals surface area (Å²) in [5.41, 5.74) is 1.64. The van der Waals surface area contributed by atoms with E-state index in [0.717, 1.165) is 49.4 Å². The minimum absolute atomic E-state index is 0.218. The van der Waals surface area contributed by atoms with Gasteiger partial charge in [0.05, 0.1) is 22.2 Å². The molecule has 2 fully saturated rings. The van der Waals surface area contributed by atoms with Gasteiger partial charge in [-0.25, -0.2) is 12.8 Å². The van der Waals surface area contributed by atoms with Crippen molar-refractivity contribution < 1.29 is 12.8 Å². The van der Waals surface area contributed by atoms with Gasteiger partial charge in [0.1, 0.15) is 5.82 Å². The van der Waals surface area contributed by atoms with Gasteiger partial charge in [0.25, 0.3) is 0 Å². The molecular formula is C22H24FN3O2S. The molecule has 1 heterocycles. The van der Waals surface area contributed by atoms with Gasteiger partial charge in [-0.15, -0.1) is 0 Å². The quantitative estimate of drug-likeness (QED) is 0.602.